The standard InChI is InChI=1S/C19H21F2N3O5/c1-12(23(2)11-13-4-7-15(8-5-13)29-19(20)21)18(25)22-16-10-14(24(26)27)6-9-17(16)28-3/h4-10,12,19H,11H2,1-3H3,(H,22,25)/p+1/t12-/m0/s1. The van der Waals surface area contributed by atoms with Crippen molar-refractivity contribution in [2.45, 2.75) is 26.1 Å². The van der Waals surface area contributed by atoms with Crippen LogP contribution in [0.1, 0.15) is 12.5 Å². The van der Waals surface area contributed by atoms with Crippen molar-refractivity contribution in [3.63, 3.8) is 0 Å². The lowest BCUT2D eigenvalue weighted by Crippen LogP contribution is -3.12. The molecule has 0 heterocycles. The first-order chi connectivity index (χ1) is 13.7. The van der Waals surface area contributed by atoms with Crippen LogP contribution in [0.5, 0.6) is 11.5 Å². The summed E-state index contributed by atoms with van der Waals surface area (Å²) in [5, 5.41) is 13.6. The van der Waals surface area contributed by atoms with Crippen molar-refractivity contribution in [1.82, 2.24) is 0 Å². The van der Waals surface area contributed by atoms with Crippen molar-refractivity contribution in [2.24, 2.45) is 0 Å². The molecule has 8 nitrogen and oxygen atoms in total. The molecule has 1 amide bonds. The Morgan fingerprint density at radius 2 is 1.90 bits per heavy atom. The number of benzene rings is 2. The van der Waals surface area contributed by atoms with E-state index in [2.05, 4.69) is 10.1 Å². The van der Waals surface area contributed by atoms with Gasteiger partial charge < -0.3 is 19.7 Å². The van der Waals surface area contributed by atoms with Crippen LogP contribution in [0.15, 0.2) is 42.5 Å². The summed E-state index contributed by atoms with van der Waals surface area (Å²) in [4.78, 5) is 23.8. The van der Waals surface area contributed by atoms with Gasteiger partial charge in [0.25, 0.3) is 11.6 Å². The predicted octanol–water partition coefficient (Wildman–Crippen LogP) is 2.25. The number of non-ortho nitro benzene ring substituents is 1. The van der Waals surface area contributed by atoms with Gasteiger partial charge in [-0.3, -0.25) is 14.9 Å². The second-order valence-electron chi connectivity index (χ2n) is 6.40. The molecule has 0 aliphatic carbocycles. The number of ether oxygens (including phenoxy) is 2. The fraction of sp³-hybridized carbons (Fsp3) is 0.316. The Bertz CT molecular complexity index is 861. The Hall–Kier alpha value is -3.27. The molecule has 2 aromatic carbocycles. The van der Waals surface area contributed by atoms with E-state index >= 15 is 0 Å². The highest BCUT2D eigenvalue weighted by atomic mass is 19.3. The van der Waals surface area contributed by atoms with E-state index in [1.165, 1.54) is 37.4 Å². The number of amides is 1. The zero-order valence-corrected chi connectivity index (χ0v) is 16.1. The Morgan fingerprint density at radius 1 is 1.24 bits per heavy atom. The zero-order valence-electron chi connectivity index (χ0n) is 16.1. The molecule has 2 N–H and O–H groups in total. The Morgan fingerprint density at radius 3 is 2.45 bits per heavy atom. The molecule has 0 aliphatic rings. The van der Waals surface area contributed by atoms with Gasteiger partial charge in [0.15, 0.2) is 6.04 Å². The lowest BCUT2D eigenvalue weighted by molar-refractivity contribution is -0.907. The second-order valence-corrected chi connectivity index (χ2v) is 6.40. The van der Waals surface area contributed by atoms with Gasteiger partial charge in [0.05, 0.1) is 24.8 Å². The average Bonchev–Trinajstić information content (AvgIpc) is 2.68. The van der Waals surface area contributed by atoms with Gasteiger partial charge in [-0.1, -0.05) is 0 Å². The maximum Gasteiger partial charge on any atom is 0.387 e. The molecule has 0 fully saturated rings. The van der Waals surface area contributed by atoms with Gasteiger partial charge in [-0.2, -0.15) is 8.78 Å². The van der Waals surface area contributed by atoms with Crippen LogP contribution in [0.25, 0.3) is 0 Å². The van der Waals surface area contributed by atoms with E-state index in [0.29, 0.717) is 12.3 Å². The van der Waals surface area contributed by atoms with Crippen molar-refractivity contribution in [1.29, 1.82) is 0 Å². The number of hydrogen-bond donors (Lipinski definition) is 2. The Kier molecular flexibility index (Phi) is 7.43. The van der Waals surface area contributed by atoms with Gasteiger partial charge in [-0.15, -0.1) is 0 Å². The van der Waals surface area contributed by atoms with Crippen molar-refractivity contribution in [3.8, 4) is 11.5 Å². The largest absolute Gasteiger partial charge is 0.495 e. The summed E-state index contributed by atoms with van der Waals surface area (Å²) in [6.07, 6.45) is 0. The summed E-state index contributed by atoms with van der Waals surface area (Å²) in [6.45, 7) is -0.720. The van der Waals surface area contributed by atoms with Crippen LogP contribution in [0.4, 0.5) is 20.2 Å². The van der Waals surface area contributed by atoms with E-state index in [9.17, 15) is 23.7 Å². The van der Waals surface area contributed by atoms with Crippen molar-refractivity contribution >= 4 is 17.3 Å². The highest BCUT2D eigenvalue weighted by molar-refractivity contribution is 5.95. The van der Waals surface area contributed by atoms with Crippen LogP contribution < -0.4 is 19.7 Å². The van der Waals surface area contributed by atoms with Crippen molar-refractivity contribution in [3.05, 3.63) is 58.1 Å². The first kappa shape index (κ1) is 22.0. The smallest absolute Gasteiger partial charge is 0.387 e. The molecule has 0 bridgehead atoms. The molecule has 0 saturated carbocycles. The number of carbonyl (C=O) groups excluding carboxylic acids is 1. The van der Waals surface area contributed by atoms with Crippen LogP contribution in [-0.4, -0.2) is 37.6 Å². The van der Waals surface area contributed by atoms with Gasteiger partial charge in [0.1, 0.15) is 18.0 Å². The number of hydrogen-bond acceptors (Lipinski definition) is 5. The molecule has 2 aromatic rings. The van der Waals surface area contributed by atoms with Crippen molar-refractivity contribution in [2.75, 3.05) is 19.5 Å². The molecule has 156 valence electrons. The summed E-state index contributed by atoms with van der Waals surface area (Å²) in [5.41, 5.74) is 0.872. The number of likely N-dealkylation sites (N-methyl/N-ethyl adjacent to an activating group) is 1. The van der Waals surface area contributed by atoms with Gasteiger partial charge in [-0.05, 0) is 37.3 Å². The maximum absolute atomic E-state index is 12.6. The lowest BCUT2D eigenvalue weighted by atomic mass is 10.1. The van der Waals surface area contributed by atoms with E-state index in [-0.39, 0.29) is 23.0 Å². The van der Waals surface area contributed by atoms with Crippen LogP contribution in [0.3, 0.4) is 0 Å². The summed E-state index contributed by atoms with van der Waals surface area (Å²) >= 11 is 0. The monoisotopic (exact) mass is 410 g/mol. The van der Waals surface area contributed by atoms with Gasteiger partial charge in [-0.25, -0.2) is 0 Å². The molecule has 0 radical (unpaired) electrons. The van der Waals surface area contributed by atoms with Gasteiger partial charge >= 0.3 is 6.61 Å². The molecule has 2 atom stereocenters. The number of halogens is 2. The van der Waals surface area contributed by atoms with E-state index in [1.54, 1.807) is 26.1 Å². The molecule has 1 unspecified atom stereocenters. The fourth-order valence-electron chi connectivity index (χ4n) is 2.64. The number of anilines is 1. The minimum absolute atomic E-state index is 0.0601. The molecule has 10 heteroatoms. The Balaban J connectivity index is 2.04. The number of nitro benzene ring substituents is 1. The number of nitro groups is 1. The minimum Gasteiger partial charge on any atom is -0.495 e. The number of rotatable bonds is 9. The highest BCUT2D eigenvalue weighted by Crippen LogP contribution is 2.28. The third-order valence-electron chi connectivity index (χ3n) is 4.42. The highest BCUT2D eigenvalue weighted by Gasteiger charge is 2.24. The summed E-state index contributed by atoms with van der Waals surface area (Å²) < 4.78 is 33.9. The van der Waals surface area contributed by atoms with Crippen LogP contribution >= 0.6 is 0 Å². The third-order valence-corrected chi connectivity index (χ3v) is 4.42. The number of nitrogens with one attached hydrogen (secondary N) is 2. The first-order valence-electron chi connectivity index (χ1n) is 8.70. The minimum atomic E-state index is -2.89. The normalized spacial score (nSPS) is 12.9. The summed E-state index contributed by atoms with van der Waals surface area (Å²) in [7, 11) is 3.21. The lowest BCUT2D eigenvalue weighted by Gasteiger charge is -2.21. The van der Waals surface area contributed by atoms with E-state index in [4.69, 9.17) is 4.74 Å². The van der Waals surface area contributed by atoms with Gasteiger partial charge in [0.2, 0.25) is 0 Å². The topological polar surface area (TPSA) is 95.1 Å². The molecule has 29 heavy (non-hydrogen) atoms. The second kappa shape index (κ2) is 9.78. The number of alkyl halides is 2. The molecular formula is C19H22F2N3O5+. The number of nitrogens with zero attached hydrogens (tertiary/aromatic N) is 1. The zero-order chi connectivity index (χ0) is 21.6. The third kappa shape index (κ3) is 6.11. The predicted molar refractivity (Wildman–Crippen MR) is 101 cm³/mol. The van der Waals surface area contributed by atoms with Crippen LogP contribution in [-0.2, 0) is 11.3 Å². The molecule has 0 spiro atoms. The molecular weight excluding hydrogens is 388 g/mol. The van der Waals surface area contributed by atoms with E-state index < -0.39 is 17.6 Å². The Labute approximate surface area is 166 Å². The van der Waals surface area contributed by atoms with Gasteiger partial charge in [0, 0.05) is 17.7 Å². The van der Waals surface area contributed by atoms with Crippen LogP contribution in [0, 0.1) is 10.1 Å². The van der Waals surface area contributed by atoms with Crippen LogP contribution in [0.2, 0.25) is 0 Å². The SMILES string of the molecule is COc1ccc([N+](=O)[O-])cc1NC(=O)[C@H](C)[NH+](C)Cc1ccc(OC(F)F)cc1. The average molecular weight is 410 g/mol. The molecule has 0 aromatic heterocycles. The quantitative estimate of drug-likeness (QED) is 0.488. The van der Waals surface area contributed by atoms with E-state index in [1.807, 2.05) is 0 Å². The fourth-order valence-corrected chi connectivity index (χ4v) is 2.64. The molecule has 2 rings (SSSR count). The van der Waals surface area contributed by atoms with Crippen molar-refractivity contribution < 1.29 is 32.9 Å². The van der Waals surface area contributed by atoms with E-state index in [0.717, 1.165) is 10.5 Å². The number of methoxy groups -OCH3 is 1. The molecule has 0 aliphatic heterocycles. The number of carbonyl (C=O) groups is 1. The first-order valence-corrected chi connectivity index (χ1v) is 8.70. The summed E-state index contributed by atoms with van der Waals surface area (Å²) in [5.74, 6) is 0.0207. The molecule has 0 saturated heterocycles. The summed E-state index contributed by atoms with van der Waals surface area (Å²) in [6, 6.07) is 9.61. The maximum atomic E-state index is 12.6. The number of quaternary nitrogens is 1.